The third kappa shape index (κ3) is 8.29. The van der Waals surface area contributed by atoms with Gasteiger partial charge in [-0.3, -0.25) is 9.59 Å². The topological polar surface area (TPSA) is 93.7 Å². The van der Waals surface area contributed by atoms with Crippen LogP contribution in [0.5, 0.6) is 0 Å². The van der Waals surface area contributed by atoms with Gasteiger partial charge in [-0.2, -0.15) is 0 Å². The molecule has 9 nitrogen and oxygen atoms in total. The number of benzene rings is 2. The van der Waals surface area contributed by atoms with Crippen LogP contribution in [0.2, 0.25) is 0 Å². The number of nitrogens with one attached hydrogen (secondary N) is 2. The molecule has 1 saturated heterocycles. The lowest BCUT2D eigenvalue weighted by Gasteiger charge is -2.35. The Hall–Kier alpha value is -5.02. The van der Waals surface area contributed by atoms with Crippen molar-refractivity contribution in [3.05, 3.63) is 114 Å². The fourth-order valence-electron chi connectivity index (χ4n) is 4.92. The minimum absolute atomic E-state index is 0.0128. The van der Waals surface area contributed by atoms with Gasteiger partial charge < -0.3 is 25.3 Å². The average Bonchev–Trinajstić information content (AvgIpc) is 3.05. The van der Waals surface area contributed by atoms with Crippen LogP contribution in [0.1, 0.15) is 21.5 Å². The molecule has 0 atom stereocenters. The number of pyridine rings is 2. The quantitative estimate of drug-likeness (QED) is 0.249. The summed E-state index contributed by atoms with van der Waals surface area (Å²) in [4.78, 5) is 40.5. The van der Waals surface area contributed by atoms with Gasteiger partial charge in [0.2, 0.25) is 5.91 Å². The van der Waals surface area contributed by atoms with E-state index >= 15 is 0 Å². The minimum atomic E-state index is -0.194. The molecular formula is C35H39N7O2. The summed E-state index contributed by atoms with van der Waals surface area (Å²) in [6, 6.07) is 23.7. The molecule has 5 rings (SSSR count). The molecule has 44 heavy (non-hydrogen) atoms. The van der Waals surface area contributed by atoms with Crippen molar-refractivity contribution in [1.82, 2.24) is 19.8 Å². The monoisotopic (exact) mass is 589 g/mol. The Balaban J connectivity index is 1.11. The van der Waals surface area contributed by atoms with E-state index in [9.17, 15) is 9.59 Å². The van der Waals surface area contributed by atoms with E-state index in [1.54, 1.807) is 30.3 Å². The van der Waals surface area contributed by atoms with E-state index in [2.05, 4.69) is 57.8 Å². The minimum Gasteiger partial charge on any atom is -0.366 e. The van der Waals surface area contributed by atoms with Crippen LogP contribution in [0, 0.1) is 6.92 Å². The molecular weight excluding hydrogens is 550 g/mol. The van der Waals surface area contributed by atoms with Gasteiger partial charge in [0.05, 0.1) is 0 Å². The van der Waals surface area contributed by atoms with Gasteiger partial charge in [0.25, 0.3) is 5.91 Å². The maximum absolute atomic E-state index is 13.1. The highest BCUT2D eigenvalue weighted by atomic mass is 16.2. The van der Waals surface area contributed by atoms with Crippen LogP contribution < -0.4 is 15.5 Å². The molecule has 4 aromatic rings. The number of nitrogens with zero attached hydrogens (tertiary/aromatic N) is 5. The summed E-state index contributed by atoms with van der Waals surface area (Å²) in [6.45, 7) is 6.11. The zero-order valence-corrected chi connectivity index (χ0v) is 25.5. The number of anilines is 3. The number of piperazine rings is 1. The summed E-state index contributed by atoms with van der Waals surface area (Å²) in [6.07, 6.45) is 7.03. The van der Waals surface area contributed by atoms with Crippen molar-refractivity contribution in [1.29, 1.82) is 0 Å². The summed E-state index contributed by atoms with van der Waals surface area (Å²) in [5, 5.41) is 6.23. The summed E-state index contributed by atoms with van der Waals surface area (Å²) >= 11 is 0. The Bertz CT molecular complexity index is 1580. The van der Waals surface area contributed by atoms with Crippen LogP contribution in [-0.4, -0.2) is 78.4 Å². The zero-order chi connectivity index (χ0) is 30.9. The number of likely N-dealkylation sites (N-methyl/N-ethyl adjacent to an activating group) is 1. The summed E-state index contributed by atoms with van der Waals surface area (Å²) in [7, 11) is 3.88. The molecule has 2 aromatic carbocycles. The van der Waals surface area contributed by atoms with Crippen LogP contribution in [0.25, 0.3) is 11.1 Å². The molecule has 0 saturated carbocycles. The fourth-order valence-corrected chi connectivity index (χ4v) is 4.92. The van der Waals surface area contributed by atoms with E-state index in [1.807, 2.05) is 54.5 Å². The van der Waals surface area contributed by atoms with Gasteiger partial charge in [-0.15, -0.1) is 0 Å². The summed E-state index contributed by atoms with van der Waals surface area (Å²) in [5.74, 6) is 1.51. The van der Waals surface area contributed by atoms with Crippen molar-refractivity contribution in [2.24, 2.45) is 0 Å². The van der Waals surface area contributed by atoms with Gasteiger partial charge in [0.15, 0.2) is 0 Å². The SMILES string of the molecule is Cc1ccc(CNc2cc(-c3ccc(N4CCN(C(=O)c5ccc(NC(=O)/C=C/CN(C)C)cc5)CC4)nc3)ccn2)cc1. The van der Waals surface area contributed by atoms with E-state index < -0.39 is 0 Å². The Morgan fingerprint density at radius 3 is 2.32 bits per heavy atom. The smallest absolute Gasteiger partial charge is 0.253 e. The number of hydrogen-bond donors (Lipinski definition) is 2. The van der Waals surface area contributed by atoms with E-state index in [0.717, 1.165) is 22.8 Å². The van der Waals surface area contributed by atoms with Gasteiger partial charge in [-0.05, 0) is 80.7 Å². The van der Waals surface area contributed by atoms with E-state index in [0.29, 0.717) is 50.5 Å². The Labute approximate surface area is 259 Å². The molecule has 2 N–H and O–H groups in total. The second kappa shape index (κ2) is 14.4. The molecule has 0 aliphatic carbocycles. The van der Waals surface area contributed by atoms with Gasteiger partial charge in [0.1, 0.15) is 11.6 Å². The fraction of sp³-hybridized carbons (Fsp3) is 0.257. The van der Waals surface area contributed by atoms with Gasteiger partial charge >= 0.3 is 0 Å². The lowest BCUT2D eigenvalue weighted by molar-refractivity contribution is -0.111. The van der Waals surface area contributed by atoms with Crippen LogP contribution in [0.4, 0.5) is 17.3 Å². The molecule has 0 bridgehead atoms. The first-order valence-electron chi connectivity index (χ1n) is 14.8. The lowest BCUT2D eigenvalue weighted by atomic mass is 10.1. The van der Waals surface area contributed by atoms with Crippen LogP contribution in [0.3, 0.4) is 0 Å². The molecule has 1 aliphatic heterocycles. The molecule has 1 aliphatic rings. The highest BCUT2D eigenvalue weighted by molar-refractivity contribution is 6.00. The average molecular weight is 590 g/mol. The van der Waals surface area contributed by atoms with Crippen LogP contribution in [0.15, 0.2) is 97.3 Å². The van der Waals surface area contributed by atoms with E-state index in [-0.39, 0.29) is 11.8 Å². The maximum atomic E-state index is 13.1. The Morgan fingerprint density at radius 1 is 0.886 bits per heavy atom. The predicted octanol–water partition coefficient (Wildman–Crippen LogP) is 5.08. The van der Waals surface area contributed by atoms with Gasteiger partial charge in [-0.1, -0.05) is 35.9 Å². The molecule has 9 heteroatoms. The number of aryl methyl sites for hydroxylation is 1. The normalized spacial score (nSPS) is 13.4. The van der Waals surface area contributed by atoms with Crippen LogP contribution >= 0.6 is 0 Å². The molecule has 0 radical (unpaired) electrons. The number of rotatable bonds is 10. The van der Waals surface area contributed by atoms with E-state index in [4.69, 9.17) is 4.98 Å². The largest absolute Gasteiger partial charge is 0.366 e. The first-order chi connectivity index (χ1) is 21.3. The van der Waals surface area contributed by atoms with Gasteiger partial charge in [-0.25, -0.2) is 9.97 Å². The number of hydrogen-bond acceptors (Lipinski definition) is 7. The lowest BCUT2D eigenvalue weighted by Crippen LogP contribution is -2.49. The predicted molar refractivity (Wildman–Crippen MR) is 177 cm³/mol. The third-order valence-electron chi connectivity index (χ3n) is 7.47. The molecule has 2 aromatic heterocycles. The zero-order valence-electron chi connectivity index (χ0n) is 25.5. The molecule has 2 amide bonds. The first-order valence-corrected chi connectivity index (χ1v) is 14.8. The van der Waals surface area contributed by atoms with Crippen molar-refractivity contribution >= 4 is 29.1 Å². The van der Waals surface area contributed by atoms with E-state index in [1.165, 1.54) is 17.2 Å². The molecule has 3 heterocycles. The van der Waals surface area contributed by atoms with Gasteiger partial charge in [0, 0.05) is 74.6 Å². The number of amides is 2. The highest BCUT2D eigenvalue weighted by Gasteiger charge is 2.23. The Morgan fingerprint density at radius 2 is 1.64 bits per heavy atom. The third-order valence-corrected chi connectivity index (χ3v) is 7.47. The second-order valence-electron chi connectivity index (χ2n) is 11.2. The van der Waals surface area contributed by atoms with Crippen molar-refractivity contribution in [2.45, 2.75) is 13.5 Å². The first kappa shape index (κ1) is 30.4. The maximum Gasteiger partial charge on any atom is 0.253 e. The number of aromatic nitrogens is 2. The van der Waals surface area contributed by atoms with Crippen molar-refractivity contribution in [2.75, 3.05) is 62.4 Å². The molecule has 1 fully saturated rings. The molecule has 0 unspecified atom stereocenters. The van der Waals surface area contributed by atoms with Crippen LogP contribution in [-0.2, 0) is 11.3 Å². The summed E-state index contributed by atoms with van der Waals surface area (Å²) in [5.41, 5.74) is 5.78. The highest BCUT2D eigenvalue weighted by Crippen LogP contribution is 2.24. The number of carbonyl (C=O) groups is 2. The molecule has 226 valence electrons. The van der Waals surface area contributed by atoms with Crippen molar-refractivity contribution in [3.8, 4) is 11.1 Å². The van der Waals surface area contributed by atoms with Crippen molar-refractivity contribution < 1.29 is 9.59 Å². The Kier molecular flexibility index (Phi) is 9.99. The molecule has 0 spiro atoms. The second-order valence-corrected chi connectivity index (χ2v) is 11.2. The van der Waals surface area contributed by atoms with Crippen molar-refractivity contribution in [3.63, 3.8) is 0 Å². The number of carbonyl (C=O) groups excluding carboxylic acids is 2. The summed E-state index contributed by atoms with van der Waals surface area (Å²) < 4.78 is 0. The standard InChI is InChI=1S/C35H39N7O2/c1-26-6-8-27(9-7-26)24-37-32-23-29(16-17-36-32)30-12-15-33(38-25-30)41-19-21-42(22-20-41)35(44)28-10-13-31(14-11-28)39-34(43)5-4-18-40(2)3/h4-17,23,25H,18-22,24H2,1-3H3,(H,36,37)(H,39,43)/b5-4+.